The molecule has 0 aliphatic heterocycles. The molecule has 0 atom stereocenters. The number of hydrogen-bond donors (Lipinski definition) is 0. The van der Waals surface area contributed by atoms with Gasteiger partial charge >= 0.3 is 5.97 Å². The zero-order chi connectivity index (χ0) is 22.8. The maximum atomic E-state index is 12.9. The fraction of sp³-hybridized carbons (Fsp3) is 0.0833. The molecule has 0 N–H and O–H groups in total. The summed E-state index contributed by atoms with van der Waals surface area (Å²) in [6.45, 7) is 3.65. The van der Waals surface area contributed by atoms with Gasteiger partial charge in [0.1, 0.15) is 5.82 Å². The van der Waals surface area contributed by atoms with Gasteiger partial charge in [-0.25, -0.2) is 9.78 Å². The van der Waals surface area contributed by atoms with Gasteiger partial charge in [0.2, 0.25) is 0 Å². The van der Waals surface area contributed by atoms with E-state index >= 15 is 0 Å². The Hall–Kier alpha value is -3.10. The van der Waals surface area contributed by atoms with Crippen LogP contribution in [0.2, 0.25) is 0 Å². The third kappa shape index (κ3) is 4.56. The second-order valence-electron chi connectivity index (χ2n) is 7.10. The third-order valence-electron chi connectivity index (χ3n) is 4.75. The minimum Gasteiger partial charge on any atom is -0.421 e. The summed E-state index contributed by atoms with van der Waals surface area (Å²) in [5, 5.41) is 4.81. The fourth-order valence-corrected chi connectivity index (χ4v) is 4.45. The average Bonchev–Trinajstić information content (AvgIpc) is 2.76. The molecule has 0 radical (unpaired) electrons. The largest absolute Gasteiger partial charge is 0.421 e. The molecule has 6 nitrogen and oxygen atoms in total. The fourth-order valence-electron chi connectivity index (χ4n) is 3.12. The highest BCUT2D eigenvalue weighted by molar-refractivity contribution is 9.11. The molecule has 0 unspecified atom stereocenters. The van der Waals surface area contributed by atoms with Gasteiger partial charge in [-0.1, -0.05) is 45.8 Å². The Morgan fingerprint density at radius 2 is 1.78 bits per heavy atom. The van der Waals surface area contributed by atoms with E-state index in [1.54, 1.807) is 49.4 Å². The van der Waals surface area contributed by atoms with Crippen molar-refractivity contribution >= 4 is 54.9 Å². The summed E-state index contributed by atoms with van der Waals surface area (Å²) >= 11 is 6.89. The number of hydrogen-bond acceptors (Lipinski definition) is 5. The molecule has 0 bridgehead atoms. The number of benzene rings is 3. The Balaban J connectivity index is 1.74. The zero-order valence-electron chi connectivity index (χ0n) is 17.2. The van der Waals surface area contributed by atoms with Gasteiger partial charge in [0.25, 0.3) is 5.56 Å². The van der Waals surface area contributed by atoms with Crippen molar-refractivity contribution in [3.63, 3.8) is 0 Å². The van der Waals surface area contributed by atoms with E-state index in [2.05, 4.69) is 41.9 Å². The molecule has 0 saturated heterocycles. The lowest BCUT2D eigenvalue weighted by molar-refractivity contribution is 0.0733. The highest BCUT2D eigenvalue weighted by Gasteiger charge is 2.16. The molecule has 0 fully saturated rings. The quantitative estimate of drug-likeness (QED) is 0.186. The number of halogens is 2. The van der Waals surface area contributed by atoms with Crippen LogP contribution in [-0.2, 0) is 0 Å². The Labute approximate surface area is 200 Å². The van der Waals surface area contributed by atoms with Crippen molar-refractivity contribution in [3.8, 4) is 5.75 Å². The van der Waals surface area contributed by atoms with Gasteiger partial charge in [0.15, 0.2) is 5.75 Å². The minimum atomic E-state index is -0.497. The molecule has 3 aromatic carbocycles. The zero-order valence-corrected chi connectivity index (χ0v) is 20.3. The van der Waals surface area contributed by atoms with Crippen LogP contribution in [0.3, 0.4) is 0 Å². The number of para-hydroxylation sites is 1. The van der Waals surface area contributed by atoms with Gasteiger partial charge in [0.05, 0.1) is 27.2 Å². The molecule has 0 amide bonds. The molecular weight excluding hydrogens is 538 g/mol. The van der Waals surface area contributed by atoms with Gasteiger partial charge < -0.3 is 4.74 Å². The Bertz CT molecular complexity index is 1430. The first-order valence-electron chi connectivity index (χ1n) is 9.64. The van der Waals surface area contributed by atoms with Crippen LogP contribution in [0.4, 0.5) is 0 Å². The predicted octanol–water partition coefficient (Wildman–Crippen LogP) is 5.64. The molecule has 1 heterocycles. The number of rotatable bonds is 4. The summed E-state index contributed by atoms with van der Waals surface area (Å²) < 4.78 is 8.22. The Morgan fingerprint density at radius 3 is 2.53 bits per heavy atom. The van der Waals surface area contributed by atoms with Crippen molar-refractivity contribution in [1.82, 2.24) is 9.66 Å². The van der Waals surface area contributed by atoms with Crippen LogP contribution in [0.25, 0.3) is 10.9 Å². The van der Waals surface area contributed by atoms with E-state index in [9.17, 15) is 9.59 Å². The SMILES string of the molecule is Cc1ccc(C(=O)Oc2c(Br)cc(Br)cc2C=Nn2c(C)nc3ccccc3c2=O)cc1. The monoisotopic (exact) mass is 553 g/mol. The van der Waals surface area contributed by atoms with Crippen molar-refractivity contribution < 1.29 is 9.53 Å². The second kappa shape index (κ2) is 9.18. The number of esters is 1. The summed E-state index contributed by atoms with van der Waals surface area (Å²) in [4.78, 5) is 30.0. The normalized spacial score (nSPS) is 11.2. The molecule has 0 saturated carbocycles. The first kappa shape index (κ1) is 22.1. The molecule has 160 valence electrons. The molecule has 0 aliphatic rings. The van der Waals surface area contributed by atoms with Crippen LogP contribution >= 0.6 is 31.9 Å². The smallest absolute Gasteiger partial charge is 0.343 e. The Kier molecular flexibility index (Phi) is 6.34. The lowest BCUT2D eigenvalue weighted by Crippen LogP contribution is -2.20. The minimum absolute atomic E-state index is 0.281. The van der Waals surface area contributed by atoms with E-state index in [0.717, 1.165) is 10.0 Å². The number of nitrogens with zero attached hydrogens (tertiary/aromatic N) is 3. The lowest BCUT2D eigenvalue weighted by atomic mass is 10.1. The highest BCUT2D eigenvalue weighted by Crippen LogP contribution is 2.32. The van der Waals surface area contributed by atoms with Crippen LogP contribution in [0.5, 0.6) is 5.75 Å². The van der Waals surface area contributed by atoms with Crippen LogP contribution in [-0.4, -0.2) is 21.8 Å². The summed E-state index contributed by atoms with van der Waals surface area (Å²) in [6.07, 6.45) is 1.47. The van der Waals surface area contributed by atoms with Crippen molar-refractivity contribution in [1.29, 1.82) is 0 Å². The molecule has 4 aromatic rings. The number of carbonyl (C=O) groups excluding carboxylic acids is 1. The van der Waals surface area contributed by atoms with Crippen molar-refractivity contribution in [2.75, 3.05) is 0 Å². The summed E-state index contributed by atoms with van der Waals surface area (Å²) in [6, 6.07) is 17.7. The summed E-state index contributed by atoms with van der Waals surface area (Å²) in [5.74, 6) is 0.238. The van der Waals surface area contributed by atoms with Crippen molar-refractivity contribution in [2.24, 2.45) is 5.10 Å². The number of aromatic nitrogens is 2. The molecule has 32 heavy (non-hydrogen) atoms. The number of carbonyl (C=O) groups is 1. The standard InChI is InChI=1S/C24H17Br2N3O3/c1-14-7-9-16(10-8-14)24(31)32-22-17(11-18(25)12-20(22)26)13-27-29-15(2)28-21-6-4-3-5-19(21)23(29)30/h3-13H,1-2H3. The maximum Gasteiger partial charge on any atom is 0.343 e. The van der Waals surface area contributed by atoms with Gasteiger partial charge in [-0.2, -0.15) is 9.78 Å². The van der Waals surface area contributed by atoms with Crippen molar-refractivity contribution in [2.45, 2.75) is 13.8 Å². The molecule has 0 spiro atoms. The van der Waals surface area contributed by atoms with E-state index in [4.69, 9.17) is 4.74 Å². The van der Waals surface area contributed by atoms with Gasteiger partial charge in [-0.3, -0.25) is 4.79 Å². The lowest BCUT2D eigenvalue weighted by Gasteiger charge is -2.11. The van der Waals surface area contributed by atoms with E-state index in [-0.39, 0.29) is 5.56 Å². The summed E-state index contributed by atoms with van der Waals surface area (Å²) in [5.41, 5.74) is 2.31. The predicted molar refractivity (Wildman–Crippen MR) is 132 cm³/mol. The highest BCUT2D eigenvalue weighted by atomic mass is 79.9. The third-order valence-corrected chi connectivity index (χ3v) is 5.79. The van der Waals surface area contributed by atoms with Gasteiger partial charge in [-0.15, -0.1) is 0 Å². The van der Waals surface area contributed by atoms with E-state index in [1.165, 1.54) is 10.9 Å². The maximum absolute atomic E-state index is 12.9. The molecule has 0 aliphatic carbocycles. The topological polar surface area (TPSA) is 73.5 Å². The molecule has 1 aromatic heterocycles. The molecular formula is C24H17Br2N3O3. The number of aryl methyl sites for hydroxylation is 2. The van der Waals surface area contributed by atoms with E-state index < -0.39 is 5.97 Å². The number of ether oxygens (including phenoxy) is 1. The molecule has 8 heteroatoms. The van der Waals surface area contributed by atoms with Gasteiger partial charge in [-0.05, 0) is 66.2 Å². The van der Waals surface area contributed by atoms with Crippen LogP contribution in [0, 0.1) is 13.8 Å². The Morgan fingerprint density at radius 1 is 1.06 bits per heavy atom. The van der Waals surface area contributed by atoms with Crippen LogP contribution in [0.1, 0.15) is 27.3 Å². The van der Waals surface area contributed by atoms with Crippen molar-refractivity contribution in [3.05, 3.63) is 102 Å². The van der Waals surface area contributed by atoms with Gasteiger partial charge in [0, 0.05) is 10.0 Å². The van der Waals surface area contributed by atoms with E-state index in [0.29, 0.717) is 38.1 Å². The second-order valence-corrected chi connectivity index (χ2v) is 8.87. The van der Waals surface area contributed by atoms with Crippen LogP contribution < -0.4 is 10.3 Å². The average molecular weight is 555 g/mol. The number of fused-ring (bicyclic) bond motifs is 1. The first-order chi connectivity index (χ1) is 15.3. The first-order valence-corrected chi connectivity index (χ1v) is 11.2. The molecule has 4 rings (SSSR count). The van der Waals surface area contributed by atoms with E-state index in [1.807, 2.05) is 25.1 Å². The van der Waals surface area contributed by atoms with Crippen LogP contribution in [0.15, 0.2) is 79.5 Å². The summed E-state index contributed by atoms with van der Waals surface area (Å²) in [7, 11) is 0.